The van der Waals surface area contributed by atoms with Crippen molar-refractivity contribution in [2.24, 2.45) is 7.05 Å². The van der Waals surface area contributed by atoms with Crippen LogP contribution in [-0.4, -0.2) is 47.8 Å². The average molecular weight is 424 g/mol. The molecule has 0 saturated carbocycles. The van der Waals surface area contributed by atoms with Gasteiger partial charge in [-0.2, -0.15) is 5.10 Å². The second-order valence-electron chi connectivity index (χ2n) is 7.64. The van der Waals surface area contributed by atoms with E-state index in [1.165, 1.54) is 21.5 Å². The molecule has 1 aliphatic rings. The fraction of sp³-hybridized carbons (Fsp3) is 0.381. The van der Waals surface area contributed by atoms with Crippen LogP contribution < -0.4 is 16.9 Å². The number of amides is 1. The molecule has 3 aromatic rings. The van der Waals surface area contributed by atoms with Gasteiger partial charge in [0.15, 0.2) is 0 Å². The number of aromatic nitrogens is 5. The number of para-hydroxylation sites is 1. The molecule has 0 aliphatic carbocycles. The molecule has 0 unspecified atom stereocenters. The quantitative estimate of drug-likeness (QED) is 0.629. The molecule has 3 heterocycles. The van der Waals surface area contributed by atoms with Crippen molar-refractivity contribution >= 4 is 5.91 Å². The first-order chi connectivity index (χ1) is 14.9. The van der Waals surface area contributed by atoms with E-state index in [2.05, 4.69) is 10.1 Å². The monoisotopic (exact) mass is 424 g/mol. The minimum absolute atomic E-state index is 0.0435. The van der Waals surface area contributed by atoms with Crippen LogP contribution in [0.25, 0.3) is 5.69 Å². The van der Waals surface area contributed by atoms with E-state index < -0.39 is 11.2 Å². The first-order valence-electron chi connectivity index (χ1n) is 10.2. The van der Waals surface area contributed by atoms with Crippen molar-refractivity contribution in [1.29, 1.82) is 0 Å². The maximum atomic E-state index is 12.6. The van der Waals surface area contributed by atoms with Crippen molar-refractivity contribution in [3.8, 4) is 5.69 Å². The van der Waals surface area contributed by atoms with Crippen LogP contribution in [0.1, 0.15) is 31.0 Å². The van der Waals surface area contributed by atoms with Crippen molar-refractivity contribution in [2.75, 3.05) is 13.1 Å². The highest BCUT2D eigenvalue weighted by Crippen LogP contribution is 2.27. The van der Waals surface area contributed by atoms with E-state index in [4.69, 9.17) is 0 Å². The number of hydrogen-bond donors (Lipinski definition) is 1. The Bertz CT molecular complexity index is 1250. The molecule has 10 nitrogen and oxygen atoms in total. The molecular weight excluding hydrogens is 400 g/mol. The van der Waals surface area contributed by atoms with Crippen molar-refractivity contribution < 1.29 is 4.79 Å². The zero-order valence-corrected chi connectivity index (χ0v) is 17.2. The summed E-state index contributed by atoms with van der Waals surface area (Å²) in [6, 6.07) is 10.7. The Kier molecular flexibility index (Phi) is 5.70. The summed E-state index contributed by atoms with van der Waals surface area (Å²) in [5, 5.41) is 4.47. The highest BCUT2D eigenvalue weighted by Gasteiger charge is 2.28. The first kappa shape index (κ1) is 20.6. The number of aromatic amines is 1. The van der Waals surface area contributed by atoms with Crippen LogP contribution in [0.5, 0.6) is 0 Å². The van der Waals surface area contributed by atoms with Gasteiger partial charge >= 0.3 is 11.4 Å². The standard InChI is InChI=1S/C21H24N6O4/c1-24-21(31)27(16-5-3-2-4-6-16)19(23-24)15-7-11-25(12-8-15)18(29)10-14-26-13-9-17(28)22-20(26)30/h2-6,9,13,15H,7-8,10-12,14H2,1H3,(H,22,28,30). The highest BCUT2D eigenvalue weighted by molar-refractivity contribution is 5.76. The summed E-state index contributed by atoms with van der Waals surface area (Å²) >= 11 is 0. The molecule has 1 fully saturated rings. The number of benzene rings is 1. The van der Waals surface area contributed by atoms with Gasteiger partial charge in [-0.15, -0.1) is 0 Å². The lowest BCUT2D eigenvalue weighted by atomic mass is 9.95. The lowest BCUT2D eigenvalue weighted by Crippen LogP contribution is -2.39. The van der Waals surface area contributed by atoms with Crippen molar-refractivity contribution in [1.82, 2.24) is 28.8 Å². The van der Waals surface area contributed by atoms with E-state index in [0.717, 1.165) is 5.69 Å². The molecule has 0 bridgehead atoms. The number of hydrogen-bond acceptors (Lipinski definition) is 5. The number of nitrogens with zero attached hydrogens (tertiary/aromatic N) is 5. The average Bonchev–Trinajstić information content (AvgIpc) is 3.08. The Morgan fingerprint density at radius 2 is 1.81 bits per heavy atom. The maximum Gasteiger partial charge on any atom is 0.350 e. The summed E-state index contributed by atoms with van der Waals surface area (Å²) in [6.07, 6.45) is 2.97. The van der Waals surface area contributed by atoms with Gasteiger partial charge in [-0.25, -0.2) is 18.8 Å². The van der Waals surface area contributed by atoms with Crippen LogP contribution in [0.2, 0.25) is 0 Å². The van der Waals surface area contributed by atoms with Gasteiger partial charge in [0.25, 0.3) is 5.56 Å². The lowest BCUT2D eigenvalue weighted by Gasteiger charge is -2.31. The molecule has 0 spiro atoms. The largest absolute Gasteiger partial charge is 0.350 e. The highest BCUT2D eigenvalue weighted by atomic mass is 16.2. The van der Waals surface area contributed by atoms with Crippen molar-refractivity contribution in [2.45, 2.75) is 31.7 Å². The van der Waals surface area contributed by atoms with Gasteiger partial charge in [-0.3, -0.25) is 14.6 Å². The number of nitrogens with one attached hydrogen (secondary N) is 1. The molecule has 1 saturated heterocycles. The van der Waals surface area contributed by atoms with E-state index >= 15 is 0 Å². The Morgan fingerprint density at radius 1 is 1.10 bits per heavy atom. The van der Waals surface area contributed by atoms with Gasteiger partial charge in [0, 0.05) is 51.3 Å². The third-order valence-electron chi connectivity index (χ3n) is 5.64. The van der Waals surface area contributed by atoms with Gasteiger partial charge in [0.05, 0.1) is 5.69 Å². The van der Waals surface area contributed by atoms with Crippen LogP contribution in [0, 0.1) is 0 Å². The zero-order valence-electron chi connectivity index (χ0n) is 17.2. The summed E-state index contributed by atoms with van der Waals surface area (Å²) in [7, 11) is 1.64. The van der Waals surface area contributed by atoms with Crippen LogP contribution in [0.4, 0.5) is 0 Å². The number of piperidine rings is 1. The Labute approximate surface area is 177 Å². The molecule has 1 aromatic carbocycles. The fourth-order valence-electron chi connectivity index (χ4n) is 3.95. The molecule has 4 rings (SSSR count). The van der Waals surface area contributed by atoms with Gasteiger partial charge in [0.1, 0.15) is 5.82 Å². The van der Waals surface area contributed by atoms with Crippen LogP contribution >= 0.6 is 0 Å². The summed E-state index contributed by atoms with van der Waals surface area (Å²) in [5.41, 5.74) is -0.391. The predicted molar refractivity (Wildman–Crippen MR) is 113 cm³/mol. The summed E-state index contributed by atoms with van der Waals surface area (Å²) in [6.45, 7) is 1.33. The molecule has 2 aromatic heterocycles. The molecule has 1 aliphatic heterocycles. The van der Waals surface area contributed by atoms with Gasteiger partial charge in [-0.05, 0) is 25.0 Å². The Balaban J connectivity index is 1.42. The minimum Gasteiger partial charge on any atom is -0.343 e. The van der Waals surface area contributed by atoms with Gasteiger partial charge in [0.2, 0.25) is 5.91 Å². The predicted octanol–water partition coefficient (Wildman–Crippen LogP) is 0.217. The van der Waals surface area contributed by atoms with E-state index in [0.29, 0.717) is 31.8 Å². The molecule has 1 amide bonds. The fourth-order valence-corrected chi connectivity index (χ4v) is 3.95. The van der Waals surface area contributed by atoms with Gasteiger partial charge < -0.3 is 9.47 Å². The maximum absolute atomic E-state index is 12.6. The molecule has 0 radical (unpaired) electrons. The SMILES string of the molecule is Cn1nc(C2CCN(C(=O)CCn3ccc(=O)[nH]c3=O)CC2)n(-c2ccccc2)c1=O. The molecule has 0 atom stereocenters. The Hall–Kier alpha value is -3.69. The topological polar surface area (TPSA) is 115 Å². The number of H-pyrrole nitrogens is 1. The number of aryl methyl sites for hydroxylation is 2. The smallest absolute Gasteiger partial charge is 0.343 e. The molecular formula is C21H24N6O4. The summed E-state index contributed by atoms with van der Waals surface area (Å²) < 4.78 is 4.31. The molecule has 10 heteroatoms. The lowest BCUT2D eigenvalue weighted by molar-refractivity contribution is -0.132. The molecule has 31 heavy (non-hydrogen) atoms. The van der Waals surface area contributed by atoms with E-state index in [9.17, 15) is 19.2 Å². The Morgan fingerprint density at radius 3 is 2.48 bits per heavy atom. The van der Waals surface area contributed by atoms with Crippen LogP contribution in [0.3, 0.4) is 0 Å². The van der Waals surface area contributed by atoms with E-state index in [1.807, 2.05) is 30.3 Å². The third kappa shape index (κ3) is 4.27. The van der Waals surface area contributed by atoms with E-state index in [1.54, 1.807) is 16.5 Å². The second kappa shape index (κ2) is 8.58. The van der Waals surface area contributed by atoms with Crippen molar-refractivity contribution in [3.63, 3.8) is 0 Å². The first-order valence-corrected chi connectivity index (χ1v) is 10.2. The minimum atomic E-state index is -0.520. The molecule has 1 N–H and O–H groups in total. The number of likely N-dealkylation sites (tertiary alicyclic amines) is 1. The number of carbonyl (C=O) groups is 1. The third-order valence-corrected chi connectivity index (χ3v) is 5.64. The summed E-state index contributed by atoms with van der Waals surface area (Å²) in [5.74, 6) is 0.739. The van der Waals surface area contributed by atoms with Crippen LogP contribution in [0.15, 0.2) is 57.0 Å². The normalized spacial score (nSPS) is 14.7. The summed E-state index contributed by atoms with van der Waals surface area (Å²) in [4.78, 5) is 52.1. The molecule has 162 valence electrons. The van der Waals surface area contributed by atoms with Crippen LogP contribution in [-0.2, 0) is 18.4 Å². The zero-order chi connectivity index (χ0) is 22.0. The van der Waals surface area contributed by atoms with Gasteiger partial charge in [-0.1, -0.05) is 18.2 Å². The van der Waals surface area contributed by atoms with Crippen molar-refractivity contribution in [3.05, 3.63) is 79.7 Å². The number of rotatable bonds is 5. The second-order valence-corrected chi connectivity index (χ2v) is 7.64. The van der Waals surface area contributed by atoms with E-state index in [-0.39, 0.29) is 30.5 Å². The number of carbonyl (C=O) groups excluding carboxylic acids is 1.